The van der Waals surface area contributed by atoms with E-state index < -0.39 is 6.10 Å². The lowest BCUT2D eigenvalue weighted by atomic mass is 10.1. The molecule has 23 heavy (non-hydrogen) atoms. The van der Waals surface area contributed by atoms with E-state index >= 15 is 0 Å². The summed E-state index contributed by atoms with van der Waals surface area (Å²) in [5.41, 5.74) is 2.27. The molecule has 0 aromatic heterocycles. The van der Waals surface area contributed by atoms with Crippen molar-refractivity contribution >= 4 is 17.5 Å². The standard InChI is InChI=1S/C19H22ClNO2/c1-14-9-11-17(12-10-14)23-15(2)19(22)21-13-5-7-16-6-3-4-8-18(16)20/h3-4,6,8-12,15H,5,7,13H2,1-2H3,(H,21,22)/t15-/m1/s1. The molecule has 1 atom stereocenters. The maximum atomic E-state index is 12.0. The van der Waals surface area contributed by atoms with Crippen molar-refractivity contribution in [3.63, 3.8) is 0 Å². The van der Waals surface area contributed by atoms with E-state index in [9.17, 15) is 4.79 Å². The average molecular weight is 332 g/mol. The Bertz CT molecular complexity index is 640. The maximum absolute atomic E-state index is 12.0. The number of benzene rings is 2. The molecule has 0 spiro atoms. The minimum Gasteiger partial charge on any atom is -0.481 e. The molecule has 0 unspecified atom stereocenters. The average Bonchev–Trinajstić information content (AvgIpc) is 2.55. The van der Waals surface area contributed by atoms with Crippen molar-refractivity contribution < 1.29 is 9.53 Å². The topological polar surface area (TPSA) is 38.3 Å². The normalized spacial score (nSPS) is 11.8. The second-order valence-electron chi connectivity index (χ2n) is 5.56. The van der Waals surface area contributed by atoms with Crippen molar-refractivity contribution in [2.75, 3.05) is 6.54 Å². The number of nitrogens with one attached hydrogen (secondary N) is 1. The summed E-state index contributed by atoms with van der Waals surface area (Å²) in [6.45, 7) is 4.37. The van der Waals surface area contributed by atoms with Crippen LogP contribution >= 0.6 is 11.6 Å². The van der Waals surface area contributed by atoms with Crippen molar-refractivity contribution in [1.82, 2.24) is 5.32 Å². The molecule has 3 nitrogen and oxygen atoms in total. The maximum Gasteiger partial charge on any atom is 0.260 e. The lowest BCUT2D eigenvalue weighted by Crippen LogP contribution is -2.36. The van der Waals surface area contributed by atoms with E-state index in [4.69, 9.17) is 16.3 Å². The zero-order valence-corrected chi connectivity index (χ0v) is 14.3. The van der Waals surface area contributed by atoms with Gasteiger partial charge in [-0.15, -0.1) is 0 Å². The van der Waals surface area contributed by atoms with Gasteiger partial charge in [-0.2, -0.15) is 0 Å². The van der Waals surface area contributed by atoms with Gasteiger partial charge in [0, 0.05) is 11.6 Å². The summed E-state index contributed by atoms with van der Waals surface area (Å²) in [6, 6.07) is 15.4. The molecule has 4 heteroatoms. The van der Waals surface area contributed by atoms with Gasteiger partial charge in [-0.3, -0.25) is 4.79 Å². The van der Waals surface area contributed by atoms with Gasteiger partial charge in [0.25, 0.3) is 5.91 Å². The van der Waals surface area contributed by atoms with E-state index in [1.165, 1.54) is 0 Å². The minimum absolute atomic E-state index is 0.107. The van der Waals surface area contributed by atoms with Crippen LogP contribution in [-0.2, 0) is 11.2 Å². The van der Waals surface area contributed by atoms with E-state index in [1.54, 1.807) is 6.92 Å². The molecule has 2 aromatic rings. The summed E-state index contributed by atoms with van der Waals surface area (Å²) in [7, 11) is 0. The molecule has 0 aliphatic rings. The Hall–Kier alpha value is -2.00. The molecule has 0 heterocycles. The van der Waals surface area contributed by atoms with Crippen LogP contribution in [0.25, 0.3) is 0 Å². The lowest BCUT2D eigenvalue weighted by molar-refractivity contribution is -0.127. The number of amides is 1. The summed E-state index contributed by atoms with van der Waals surface area (Å²) in [4.78, 5) is 12.0. The van der Waals surface area contributed by atoms with Crippen LogP contribution < -0.4 is 10.1 Å². The molecule has 0 aliphatic heterocycles. The largest absolute Gasteiger partial charge is 0.481 e. The van der Waals surface area contributed by atoms with Gasteiger partial charge in [-0.05, 0) is 50.5 Å². The third kappa shape index (κ3) is 5.61. The third-order valence-corrected chi connectivity index (χ3v) is 3.95. The summed E-state index contributed by atoms with van der Waals surface area (Å²) in [5.74, 6) is 0.596. The van der Waals surface area contributed by atoms with Crippen molar-refractivity contribution in [2.24, 2.45) is 0 Å². The monoisotopic (exact) mass is 331 g/mol. The van der Waals surface area contributed by atoms with Gasteiger partial charge < -0.3 is 10.1 Å². The summed E-state index contributed by atoms with van der Waals surface area (Å²) in [5, 5.41) is 3.67. The van der Waals surface area contributed by atoms with E-state index in [2.05, 4.69) is 5.32 Å². The highest BCUT2D eigenvalue weighted by Gasteiger charge is 2.13. The Labute approximate surface area is 142 Å². The molecule has 0 saturated heterocycles. The Morgan fingerprint density at radius 3 is 2.57 bits per heavy atom. The fraction of sp³-hybridized carbons (Fsp3) is 0.316. The molecule has 122 valence electrons. The second-order valence-corrected chi connectivity index (χ2v) is 5.97. The summed E-state index contributed by atoms with van der Waals surface area (Å²) < 4.78 is 5.63. The smallest absolute Gasteiger partial charge is 0.260 e. The number of ether oxygens (including phenoxy) is 1. The van der Waals surface area contributed by atoms with Crippen LogP contribution in [0.5, 0.6) is 5.75 Å². The van der Waals surface area contributed by atoms with Crippen LogP contribution in [0.1, 0.15) is 24.5 Å². The van der Waals surface area contributed by atoms with Crippen LogP contribution in [0.3, 0.4) is 0 Å². The molecule has 2 rings (SSSR count). The molecule has 0 aliphatic carbocycles. The summed E-state index contributed by atoms with van der Waals surface area (Å²) >= 11 is 6.11. The Balaban J connectivity index is 1.72. The molecule has 0 radical (unpaired) electrons. The first-order chi connectivity index (χ1) is 11.1. The molecule has 1 N–H and O–H groups in total. The highest BCUT2D eigenvalue weighted by molar-refractivity contribution is 6.31. The highest BCUT2D eigenvalue weighted by Crippen LogP contribution is 2.16. The number of halogens is 1. The van der Waals surface area contributed by atoms with Crippen LogP contribution in [0.15, 0.2) is 48.5 Å². The molecular formula is C19H22ClNO2. The van der Waals surface area contributed by atoms with Gasteiger partial charge in [0.15, 0.2) is 6.10 Å². The molecular weight excluding hydrogens is 310 g/mol. The van der Waals surface area contributed by atoms with Crippen LogP contribution in [0.4, 0.5) is 0 Å². The lowest BCUT2D eigenvalue weighted by Gasteiger charge is -2.15. The Morgan fingerprint density at radius 2 is 1.87 bits per heavy atom. The van der Waals surface area contributed by atoms with Crippen molar-refractivity contribution in [1.29, 1.82) is 0 Å². The zero-order valence-electron chi connectivity index (χ0n) is 13.5. The second kappa shape index (κ2) is 8.59. The third-order valence-electron chi connectivity index (χ3n) is 3.58. The van der Waals surface area contributed by atoms with Gasteiger partial charge in [-0.1, -0.05) is 47.5 Å². The molecule has 2 aromatic carbocycles. The number of aryl methyl sites for hydroxylation is 2. The quantitative estimate of drug-likeness (QED) is 0.773. The first-order valence-electron chi connectivity index (χ1n) is 7.80. The van der Waals surface area contributed by atoms with E-state index in [1.807, 2.05) is 55.5 Å². The van der Waals surface area contributed by atoms with Gasteiger partial charge in [0.2, 0.25) is 0 Å². The van der Waals surface area contributed by atoms with Crippen molar-refractivity contribution in [3.05, 3.63) is 64.7 Å². The predicted molar refractivity (Wildman–Crippen MR) is 94.1 cm³/mol. The van der Waals surface area contributed by atoms with Gasteiger partial charge in [-0.25, -0.2) is 0 Å². The number of hydrogen-bond donors (Lipinski definition) is 1. The fourth-order valence-electron chi connectivity index (χ4n) is 2.21. The molecule has 0 saturated carbocycles. The minimum atomic E-state index is -0.516. The Kier molecular flexibility index (Phi) is 6.48. The van der Waals surface area contributed by atoms with Gasteiger partial charge in [0.05, 0.1) is 0 Å². The van der Waals surface area contributed by atoms with Crippen LogP contribution in [0.2, 0.25) is 5.02 Å². The van der Waals surface area contributed by atoms with Crippen LogP contribution in [0, 0.1) is 6.92 Å². The predicted octanol–water partition coefficient (Wildman–Crippen LogP) is 4.16. The number of carbonyl (C=O) groups is 1. The molecule has 1 amide bonds. The van der Waals surface area contributed by atoms with E-state index in [0.29, 0.717) is 12.3 Å². The Morgan fingerprint density at radius 1 is 1.17 bits per heavy atom. The number of hydrogen-bond acceptors (Lipinski definition) is 2. The van der Waals surface area contributed by atoms with Crippen molar-refractivity contribution in [2.45, 2.75) is 32.8 Å². The number of carbonyl (C=O) groups excluding carboxylic acids is 1. The molecule has 0 fully saturated rings. The van der Waals surface area contributed by atoms with Crippen LogP contribution in [-0.4, -0.2) is 18.6 Å². The van der Waals surface area contributed by atoms with E-state index in [0.717, 1.165) is 29.0 Å². The number of rotatable bonds is 7. The highest BCUT2D eigenvalue weighted by atomic mass is 35.5. The van der Waals surface area contributed by atoms with Gasteiger partial charge in [0.1, 0.15) is 5.75 Å². The zero-order chi connectivity index (χ0) is 16.7. The first kappa shape index (κ1) is 17.4. The summed E-state index contributed by atoms with van der Waals surface area (Å²) in [6.07, 6.45) is 1.16. The van der Waals surface area contributed by atoms with E-state index in [-0.39, 0.29) is 5.91 Å². The fourth-order valence-corrected chi connectivity index (χ4v) is 2.44. The van der Waals surface area contributed by atoms with Crippen molar-refractivity contribution in [3.8, 4) is 5.75 Å². The molecule has 0 bridgehead atoms. The SMILES string of the molecule is Cc1ccc(O[C@H](C)C(=O)NCCCc2ccccc2Cl)cc1. The first-order valence-corrected chi connectivity index (χ1v) is 8.18. The van der Waals surface area contributed by atoms with Gasteiger partial charge >= 0.3 is 0 Å².